The van der Waals surface area contributed by atoms with Gasteiger partial charge in [0.05, 0.1) is 6.61 Å². The minimum atomic E-state index is -0.608. The first-order valence-corrected chi connectivity index (χ1v) is 10.7. The van der Waals surface area contributed by atoms with E-state index in [0.717, 1.165) is 36.9 Å². The van der Waals surface area contributed by atoms with Crippen LogP contribution in [0.2, 0.25) is 0 Å². The van der Waals surface area contributed by atoms with Crippen LogP contribution < -0.4 is 4.74 Å². The summed E-state index contributed by atoms with van der Waals surface area (Å²) < 4.78 is 16.6. The number of amides is 1. The Hall–Kier alpha value is -2.50. The maximum Gasteiger partial charge on any atom is 0.375 e. The van der Waals surface area contributed by atoms with E-state index in [0.29, 0.717) is 17.8 Å². The molecule has 6 heteroatoms. The van der Waals surface area contributed by atoms with Crippen molar-refractivity contribution in [3.8, 4) is 5.75 Å². The van der Waals surface area contributed by atoms with Gasteiger partial charge in [0.2, 0.25) is 5.76 Å². The molecule has 1 aromatic heterocycles. The topological polar surface area (TPSA) is 69.0 Å². The highest BCUT2D eigenvalue weighted by Gasteiger charge is 2.51. The smallest absolute Gasteiger partial charge is 0.375 e. The van der Waals surface area contributed by atoms with Gasteiger partial charge in [-0.3, -0.25) is 4.79 Å². The van der Waals surface area contributed by atoms with Crippen LogP contribution in [0.5, 0.6) is 5.75 Å². The van der Waals surface area contributed by atoms with Gasteiger partial charge in [-0.15, -0.1) is 0 Å². The molecule has 0 unspecified atom stereocenters. The second-order valence-electron chi connectivity index (χ2n) is 9.96. The van der Waals surface area contributed by atoms with E-state index in [1.165, 1.54) is 0 Å². The number of likely N-dealkylation sites (tertiary alicyclic amines) is 1. The second kappa shape index (κ2) is 7.33. The molecule has 2 atom stereocenters. The number of furan rings is 1. The van der Waals surface area contributed by atoms with Crippen molar-refractivity contribution >= 4 is 22.8 Å². The Morgan fingerprint density at radius 2 is 2.00 bits per heavy atom. The van der Waals surface area contributed by atoms with Gasteiger partial charge >= 0.3 is 5.97 Å². The van der Waals surface area contributed by atoms with Crippen LogP contribution in [0.25, 0.3) is 11.0 Å². The van der Waals surface area contributed by atoms with E-state index in [1.807, 2.05) is 24.8 Å². The van der Waals surface area contributed by atoms with Crippen LogP contribution in [0.4, 0.5) is 0 Å². The summed E-state index contributed by atoms with van der Waals surface area (Å²) in [5.41, 5.74) is 1.67. The second-order valence-corrected chi connectivity index (χ2v) is 9.96. The molecule has 1 amide bonds. The fourth-order valence-corrected chi connectivity index (χ4v) is 5.68. The molecule has 0 spiro atoms. The summed E-state index contributed by atoms with van der Waals surface area (Å²) in [4.78, 5) is 27.4. The van der Waals surface area contributed by atoms with Gasteiger partial charge < -0.3 is 18.8 Å². The predicted molar refractivity (Wildman–Crippen MR) is 114 cm³/mol. The number of aryl methyl sites for hydroxylation is 1. The summed E-state index contributed by atoms with van der Waals surface area (Å²) >= 11 is 0. The number of ether oxygens (including phenoxy) is 2. The molecule has 162 valence electrons. The summed E-state index contributed by atoms with van der Waals surface area (Å²) in [5, 5.41) is 0.808. The molecule has 30 heavy (non-hydrogen) atoms. The third-order valence-electron chi connectivity index (χ3n) is 6.47. The van der Waals surface area contributed by atoms with Gasteiger partial charge in [-0.1, -0.05) is 20.8 Å². The fraction of sp³-hybridized carbons (Fsp3) is 0.583. The lowest BCUT2D eigenvalue weighted by Gasteiger charge is -2.39. The first kappa shape index (κ1) is 20.8. The molecule has 1 aliphatic heterocycles. The van der Waals surface area contributed by atoms with Gasteiger partial charge in [0, 0.05) is 23.5 Å². The Bertz CT molecular complexity index is 991. The molecule has 1 aliphatic carbocycles. The largest absolute Gasteiger partial charge is 0.494 e. The lowest BCUT2D eigenvalue weighted by Crippen LogP contribution is -2.39. The minimum Gasteiger partial charge on any atom is -0.494 e. The van der Waals surface area contributed by atoms with Crippen molar-refractivity contribution in [1.29, 1.82) is 0 Å². The molecule has 1 aromatic carbocycles. The SMILES string of the molecule is CCOc1ccc2oc(C(=O)OCC(=O)N3C[C@]4(C)C[C@H]3CC(C)(C)C4)c(C)c2c1. The molecular weight excluding hydrogens is 382 g/mol. The molecule has 1 saturated heterocycles. The number of esters is 1. The summed E-state index contributed by atoms with van der Waals surface area (Å²) in [7, 11) is 0. The number of fused-ring (bicyclic) bond motifs is 3. The van der Waals surface area contributed by atoms with E-state index in [1.54, 1.807) is 12.1 Å². The highest BCUT2D eigenvalue weighted by Crippen LogP contribution is 2.52. The number of carbonyl (C=O) groups is 2. The van der Waals surface area contributed by atoms with Crippen molar-refractivity contribution in [3.05, 3.63) is 29.5 Å². The lowest BCUT2D eigenvalue weighted by atomic mass is 9.65. The van der Waals surface area contributed by atoms with Gasteiger partial charge in [0.15, 0.2) is 6.61 Å². The van der Waals surface area contributed by atoms with E-state index < -0.39 is 5.97 Å². The van der Waals surface area contributed by atoms with Crippen LogP contribution in [-0.4, -0.2) is 42.6 Å². The molecule has 0 radical (unpaired) electrons. The zero-order valence-electron chi connectivity index (χ0n) is 18.5. The van der Waals surface area contributed by atoms with Crippen LogP contribution >= 0.6 is 0 Å². The Morgan fingerprint density at radius 3 is 2.73 bits per heavy atom. The van der Waals surface area contributed by atoms with Crippen LogP contribution in [0.3, 0.4) is 0 Å². The maximum atomic E-state index is 12.9. The van der Waals surface area contributed by atoms with Gasteiger partial charge in [-0.2, -0.15) is 0 Å². The number of hydrogen-bond acceptors (Lipinski definition) is 5. The van der Waals surface area contributed by atoms with Gasteiger partial charge in [-0.25, -0.2) is 4.79 Å². The fourth-order valence-electron chi connectivity index (χ4n) is 5.68. The van der Waals surface area contributed by atoms with Gasteiger partial charge in [0.1, 0.15) is 11.3 Å². The van der Waals surface area contributed by atoms with E-state index in [9.17, 15) is 9.59 Å². The Kier molecular flexibility index (Phi) is 5.07. The standard InChI is InChI=1S/C24H31NO5/c1-6-28-17-7-8-19-18(9-17)15(2)21(30-19)22(27)29-12-20(26)25-14-24(5)11-16(25)10-23(3,4)13-24/h7-9,16H,6,10-14H2,1-5H3/t16-,24-/m1/s1. The molecular formula is C24H31NO5. The first-order chi connectivity index (χ1) is 14.1. The van der Waals surface area contributed by atoms with E-state index >= 15 is 0 Å². The third kappa shape index (κ3) is 3.80. The summed E-state index contributed by atoms with van der Waals surface area (Å²) in [5.74, 6) is 0.131. The summed E-state index contributed by atoms with van der Waals surface area (Å²) in [6.07, 6.45) is 3.13. The minimum absolute atomic E-state index is 0.123. The van der Waals surface area contributed by atoms with Crippen molar-refractivity contribution in [2.45, 2.75) is 59.9 Å². The maximum absolute atomic E-state index is 12.9. The molecule has 2 heterocycles. The van der Waals surface area contributed by atoms with Gasteiger partial charge in [0.25, 0.3) is 5.91 Å². The van der Waals surface area contributed by atoms with Crippen LogP contribution in [0.1, 0.15) is 63.1 Å². The summed E-state index contributed by atoms with van der Waals surface area (Å²) in [6, 6.07) is 5.67. The zero-order valence-corrected chi connectivity index (χ0v) is 18.5. The van der Waals surface area contributed by atoms with Gasteiger partial charge in [-0.05, 0) is 62.1 Å². The number of rotatable bonds is 5. The Labute approximate surface area is 177 Å². The number of benzene rings is 1. The molecule has 2 fully saturated rings. The molecule has 2 aliphatic rings. The molecule has 0 N–H and O–H groups in total. The molecule has 1 saturated carbocycles. The normalized spacial score (nSPS) is 24.8. The number of carbonyl (C=O) groups excluding carboxylic acids is 2. The van der Waals surface area contributed by atoms with E-state index in [-0.39, 0.29) is 35.1 Å². The van der Waals surface area contributed by atoms with Crippen molar-refractivity contribution in [1.82, 2.24) is 4.90 Å². The van der Waals surface area contributed by atoms with E-state index in [4.69, 9.17) is 13.9 Å². The van der Waals surface area contributed by atoms with Crippen LogP contribution in [0, 0.1) is 17.8 Å². The van der Waals surface area contributed by atoms with Crippen LogP contribution in [-0.2, 0) is 9.53 Å². The van der Waals surface area contributed by atoms with E-state index in [2.05, 4.69) is 20.8 Å². The number of nitrogens with zero attached hydrogens (tertiary/aromatic N) is 1. The quantitative estimate of drug-likeness (QED) is 0.663. The monoisotopic (exact) mass is 413 g/mol. The molecule has 6 nitrogen and oxygen atoms in total. The summed E-state index contributed by atoms with van der Waals surface area (Å²) in [6.45, 7) is 11.6. The Balaban J connectivity index is 1.44. The molecule has 4 rings (SSSR count). The number of hydrogen-bond donors (Lipinski definition) is 0. The highest BCUT2D eigenvalue weighted by atomic mass is 16.5. The molecule has 2 bridgehead atoms. The van der Waals surface area contributed by atoms with Crippen molar-refractivity contribution in [3.63, 3.8) is 0 Å². The van der Waals surface area contributed by atoms with Crippen molar-refractivity contribution in [2.75, 3.05) is 19.8 Å². The first-order valence-electron chi connectivity index (χ1n) is 10.7. The van der Waals surface area contributed by atoms with Crippen molar-refractivity contribution < 1.29 is 23.5 Å². The third-order valence-corrected chi connectivity index (χ3v) is 6.47. The zero-order chi connectivity index (χ0) is 21.7. The van der Waals surface area contributed by atoms with Crippen molar-refractivity contribution in [2.24, 2.45) is 10.8 Å². The Morgan fingerprint density at radius 1 is 1.23 bits per heavy atom. The van der Waals surface area contributed by atoms with Crippen LogP contribution in [0.15, 0.2) is 22.6 Å². The molecule has 2 aromatic rings. The average Bonchev–Trinajstić information content (AvgIpc) is 3.12. The predicted octanol–water partition coefficient (Wildman–Crippen LogP) is 4.72. The lowest BCUT2D eigenvalue weighted by molar-refractivity contribution is -0.135. The highest BCUT2D eigenvalue weighted by molar-refractivity contribution is 5.97. The average molecular weight is 414 g/mol.